The maximum atomic E-state index is 12.4. The number of piperidine rings is 1. The average Bonchev–Trinajstić information content (AvgIpc) is 2.91. The highest BCUT2D eigenvalue weighted by atomic mass is 16.5. The molecular weight excluding hydrogens is 282 g/mol. The van der Waals surface area contributed by atoms with Gasteiger partial charge in [0, 0.05) is 19.0 Å². The van der Waals surface area contributed by atoms with E-state index in [-0.39, 0.29) is 12.5 Å². The molecule has 3 rings (SSSR count). The lowest BCUT2D eigenvalue weighted by Gasteiger charge is -2.34. The molecule has 0 saturated carbocycles. The van der Waals surface area contributed by atoms with E-state index in [0.717, 1.165) is 25.9 Å². The summed E-state index contributed by atoms with van der Waals surface area (Å²) in [6, 6.07) is 7.37. The fraction of sp³-hybridized carbons (Fsp3) is 0.588. The van der Waals surface area contributed by atoms with Crippen LogP contribution in [0.4, 0.5) is 0 Å². The normalized spacial score (nSPS) is 27.4. The monoisotopic (exact) mass is 305 g/mol. The molecule has 0 aliphatic carbocycles. The standard InChI is InChI=1S/C17H23NO4/c1-12-9-13-10-18(8-7-14(13)22-12)17(19)11-21-16-6-4-3-5-15(16)20-2/h3-6,12-14H,7-11H2,1-2H3/t12-,13-,14-/m1/s1. The first kappa shape index (κ1) is 15.2. The summed E-state index contributed by atoms with van der Waals surface area (Å²) in [5, 5.41) is 0. The van der Waals surface area contributed by atoms with Gasteiger partial charge in [-0.1, -0.05) is 12.1 Å². The van der Waals surface area contributed by atoms with Crippen molar-refractivity contribution in [3.63, 3.8) is 0 Å². The summed E-state index contributed by atoms with van der Waals surface area (Å²) in [6.07, 6.45) is 2.61. The quantitative estimate of drug-likeness (QED) is 0.855. The van der Waals surface area contributed by atoms with E-state index < -0.39 is 0 Å². The number of fused-ring (bicyclic) bond motifs is 1. The fourth-order valence-electron chi connectivity index (χ4n) is 3.39. The Morgan fingerprint density at radius 2 is 2.14 bits per heavy atom. The first-order chi connectivity index (χ1) is 10.7. The molecule has 0 N–H and O–H groups in total. The van der Waals surface area contributed by atoms with Crippen molar-refractivity contribution in [3.05, 3.63) is 24.3 Å². The summed E-state index contributed by atoms with van der Waals surface area (Å²) < 4.78 is 16.7. The second kappa shape index (κ2) is 6.57. The van der Waals surface area contributed by atoms with Crippen molar-refractivity contribution in [1.82, 2.24) is 4.90 Å². The number of nitrogens with zero attached hydrogens (tertiary/aromatic N) is 1. The number of likely N-dealkylation sites (tertiary alicyclic amines) is 1. The predicted molar refractivity (Wildman–Crippen MR) is 82.1 cm³/mol. The van der Waals surface area contributed by atoms with Crippen molar-refractivity contribution in [2.75, 3.05) is 26.8 Å². The Bertz CT molecular complexity index is 533. The molecular formula is C17H23NO4. The molecule has 0 spiro atoms. The van der Waals surface area contributed by atoms with Gasteiger partial charge in [-0.15, -0.1) is 0 Å². The van der Waals surface area contributed by atoms with Crippen molar-refractivity contribution in [2.24, 2.45) is 5.92 Å². The molecule has 0 bridgehead atoms. The van der Waals surface area contributed by atoms with Crippen LogP contribution in [0.1, 0.15) is 19.8 Å². The van der Waals surface area contributed by atoms with Crippen molar-refractivity contribution < 1.29 is 19.0 Å². The number of carbonyl (C=O) groups excluding carboxylic acids is 1. The summed E-state index contributed by atoms with van der Waals surface area (Å²) in [6.45, 7) is 3.69. The van der Waals surface area contributed by atoms with Crippen LogP contribution in [0, 0.1) is 5.92 Å². The largest absolute Gasteiger partial charge is 0.493 e. The van der Waals surface area contributed by atoms with Crippen LogP contribution in [0.3, 0.4) is 0 Å². The number of methoxy groups -OCH3 is 1. The average molecular weight is 305 g/mol. The number of rotatable bonds is 4. The number of hydrogen-bond acceptors (Lipinski definition) is 4. The Morgan fingerprint density at radius 3 is 2.91 bits per heavy atom. The molecule has 22 heavy (non-hydrogen) atoms. The minimum Gasteiger partial charge on any atom is -0.493 e. The number of benzene rings is 1. The van der Waals surface area contributed by atoms with Gasteiger partial charge in [0.15, 0.2) is 18.1 Å². The van der Waals surface area contributed by atoms with Crippen LogP contribution in [0.15, 0.2) is 24.3 Å². The molecule has 1 aromatic carbocycles. The molecule has 2 aliphatic heterocycles. The second-order valence-electron chi connectivity index (χ2n) is 6.05. The topological polar surface area (TPSA) is 48.0 Å². The van der Waals surface area contributed by atoms with Crippen LogP contribution >= 0.6 is 0 Å². The van der Waals surface area contributed by atoms with Crippen LogP contribution < -0.4 is 9.47 Å². The summed E-state index contributed by atoms with van der Waals surface area (Å²) in [5.74, 6) is 1.75. The van der Waals surface area contributed by atoms with Crippen LogP contribution in [0.5, 0.6) is 11.5 Å². The van der Waals surface area contributed by atoms with E-state index in [2.05, 4.69) is 6.92 Å². The molecule has 2 aliphatic rings. The molecule has 5 nitrogen and oxygen atoms in total. The van der Waals surface area contributed by atoms with E-state index >= 15 is 0 Å². The molecule has 2 fully saturated rings. The maximum Gasteiger partial charge on any atom is 0.260 e. The van der Waals surface area contributed by atoms with Gasteiger partial charge in [0.1, 0.15) is 0 Å². The lowest BCUT2D eigenvalue weighted by atomic mass is 9.93. The van der Waals surface area contributed by atoms with Crippen molar-refractivity contribution in [1.29, 1.82) is 0 Å². The number of para-hydroxylation sites is 2. The summed E-state index contributed by atoms with van der Waals surface area (Å²) >= 11 is 0. The van der Waals surface area contributed by atoms with Crippen LogP contribution in [-0.2, 0) is 9.53 Å². The van der Waals surface area contributed by atoms with E-state index in [4.69, 9.17) is 14.2 Å². The summed E-state index contributed by atoms with van der Waals surface area (Å²) in [7, 11) is 1.59. The first-order valence-corrected chi connectivity index (χ1v) is 7.86. The first-order valence-electron chi connectivity index (χ1n) is 7.86. The Balaban J connectivity index is 1.54. The van der Waals surface area contributed by atoms with Gasteiger partial charge in [0.2, 0.25) is 0 Å². The lowest BCUT2D eigenvalue weighted by Crippen LogP contribution is -2.46. The fourth-order valence-corrected chi connectivity index (χ4v) is 3.39. The minimum absolute atomic E-state index is 0.0314. The van der Waals surface area contributed by atoms with Gasteiger partial charge in [-0.25, -0.2) is 0 Å². The summed E-state index contributed by atoms with van der Waals surface area (Å²) in [4.78, 5) is 14.3. The van der Waals surface area contributed by atoms with Crippen LogP contribution in [0.2, 0.25) is 0 Å². The molecule has 2 saturated heterocycles. The molecule has 2 heterocycles. The third-order valence-electron chi connectivity index (χ3n) is 4.48. The molecule has 120 valence electrons. The van der Waals surface area contributed by atoms with E-state index in [1.54, 1.807) is 7.11 Å². The predicted octanol–water partition coefficient (Wildman–Crippen LogP) is 2.10. The number of hydrogen-bond donors (Lipinski definition) is 0. The van der Waals surface area contributed by atoms with E-state index in [0.29, 0.717) is 29.6 Å². The van der Waals surface area contributed by atoms with Crippen LogP contribution in [-0.4, -0.2) is 49.8 Å². The molecule has 0 radical (unpaired) electrons. The molecule has 1 amide bonds. The van der Waals surface area contributed by atoms with Crippen molar-refractivity contribution >= 4 is 5.91 Å². The molecule has 0 aromatic heterocycles. The van der Waals surface area contributed by atoms with Gasteiger partial charge in [-0.05, 0) is 31.9 Å². The molecule has 0 unspecified atom stereocenters. The Hall–Kier alpha value is -1.75. The maximum absolute atomic E-state index is 12.4. The van der Waals surface area contributed by atoms with Gasteiger partial charge in [0.05, 0.1) is 19.3 Å². The van der Waals surface area contributed by atoms with Gasteiger partial charge < -0.3 is 19.1 Å². The smallest absolute Gasteiger partial charge is 0.260 e. The van der Waals surface area contributed by atoms with E-state index in [9.17, 15) is 4.79 Å². The van der Waals surface area contributed by atoms with Crippen LogP contribution in [0.25, 0.3) is 0 Å². The Kier molecular flexibility index (Phi) is 4.52. The zero-order valence-electron chi connectivity index (χ0n) is 13.2. The highest BCUT2D eigenvalue weighted by Crippen LogP contribution is 2.32. The van der Waals surface area contributed by atoms with Gasteiger partial charge in [0.25, 0.3) is 5.91 Å². The third kappa shape index (κ3) is 3.19. The Labute approximate surface area is 131 Å². The summed E-state index contributed by atoms with van der Waals surface area (Å²) in [5.41, 5.74) is 0. The second-order valence-corrected chi connectivity index (χ2v) is 6.05. The number of ether oxygens (including phenoxy) is 3. The third-order valence-corrected chi connectivity index (χ3v) is 4.48. The number of amides is 1. The minimum atomic E-state index is 0.0314. The molecule has 1 aromatic rings. The number of carbonyl (C=O) groups is 1. The highest BCUT2D eigenvalue weighted by molar-refractivity contribution is 5.78. The van der Waals surface area contributed by atoms with E-state index in [1.165, 1.54) is 0 Å². The SMILES string of the molecule is COc1ccccc1OCC(=O)N1CC[C@H]2O[C@H](C)C[C@@H]2C1. The zero-order chi connectivity index (χ0) is 15.5. The zero-order valence-corrected chi connectivity index (χ0v) is 13.2. The van der Waals surface area contributed by atoms with Gasteiger partial charge in [-0.2, -0.15) is 0 Å². The lowest BCUT2D eigenvalue weighted by molar-refractivity contribution is -0.136. The van der Waals surface area contributed by atoms with Gasteiger partial charge >= 0.3 is 0 Å². The van der Waals surface area contributed by atoms with E-state index in [1.807, 2.05) is 29.2 Å². The van der Waals surface area contributed by atoms with Gasteiger partial charge in [-0.3, -0.25) is 4.79 Å². The molecule has 3 atom stereocenters. The van der Waals surface area contributed by atoms with Crippen molar-refractivity contribution in [3.8, 4) is 11.5 Å². The highest BCUT2D eigenvalue weighted by Gasteiger charge is 2.38. The molecule has 5 heteroatoms. The Morgan fingerprint density at radius 1 is 1.36 bits per heavy atom. The van der Waals surface area contributed by atoms with Crippen molar-refractivity contribution in [2.45, 2.75) is 32.0 Å².